The Labute approximate surface area is 415 Å². The molecular formula is C68H66N2. The topological polar surface area (TPSA) is 8.17 Å². The van der Waals surface area contributed by atoms with Gasteiger partial charge in [-0.3, -0.25) is 0 Å². The first-order chi connectivity index (χ1) is 33.2. The third-order valence-corrected chi connectivity index (χ3v) is 14.9. The predicted octanol–water partition coefficient (Wildman–Crippen LogP) is 19.7. The largest absolute Gasteiger partial charge is 0.309 e. The van der Waals surface area contributed by atoms with Gasteiger partial charge in [-0.2, -0.15) is 0 Å². The van der Waals surface area contributed by atoms with E-state index in [1.807, 2.05) is 0 Å². The fourth-order valence-corrected chi connectivity index (χ4v) is 10.8. The molecule has 1 aromatic heterocycles. The van der Waals surface area contributed by atoms with Crippen molar-refractivity contribution in [2.75, 3.05) is 4.90 Å². The van der Waals surface area contributed by atoms with E-state index in [1.54, 1.807) is 0 Å². The molecule has 2 nitrogen and oxygen atoms in total. The molecule has 1 heterocycles. The van der Waals surface area contributed by atoms with Gasteiger partial charge in [-0.15, -0.1) is 0 Å². The molecule has 0 aliphatic carbocycles. The summed E-state index contributed by atoms with van der Waals surface area (Å²) in [4.78, 5) is 2.57. The van der Waals surface area contributed by atoms with Crippen LogP contribution in [0.3, 0.4) is 0 Å². The number of nitrogens with zero attached hydrogens (tertiary/aromatic N) is 2. The zero-order chi connectivity index (χ0) is 49.1. The lowest BCUT2D eigenvalue weighted by molar-refractivity contribution is 0.569. The smallest absolute Gasteiger partial charge is 0.0541 e. The standard InChI is InChI=1S/C68H66N2/c1-65(2,3)48-28-35-61-56(41-48)57-42-49(66(4,5)6)29-36-62(57)70(61)59-33-26-46-23-30-53-58(32-25-45-24-31-54(59)64(46)63(45)53)69(52-39-50(67(7,8)9)38-51(40-52)68(10,11)12)60-34-27-47(43-19-15-13-16-20-43)37-55(60)44-21-17-14-18-22-44/h13-42H,1-12H3. The van der Waals surface area contributed by atoms with Crippen LogP contribution in [0.5, 0.6) is 0 Å². The Morgan fingerprint density at radius 3 is 1.34 bits per heavy atom. The van der Waals surface area contributed by atoms with Crippen molar-refractivity contribution < 1.29 is 0 Å². The van der Waals surface area contributed by atoms with E-state index in [2.05, 4.69) is 275 Å². The van der Waals surface area contributed by atoms with Crippen LogP contribution in [0.25, 0.3) is 82.1 Å². The average Bonchev–Trinajstić information content (AvgIpc) is 3.66. The normalized spacial score (nSPS) is 12.9. The monoisotopic (exact) mass is 911 g/mol. The highest BCUT2D eigenvalue weighted by Crippen LogP contribution is 2.50. The van der Waals surface area contributed by atoms with Gasteiger partial charge in [-0.25, -0.2) is 0 Å². The van der Waals surface area contributed by atoms with Crippen molar-refractivity contribution >= 4 is 71.2 Å². The summed E-state index contributed by atoms with van der Waals surface area (Å²) in [7, 11) is 0. The Bertz CT molecular complexity index is 3680. The van der Waals surface area contributed by atoms with Crippen LogP contribution in [0.2, 0.25) is 0 Å². The van der Waals surface area contributed by atoms with Crippen LogP contribution in [0.1, 0.15) is 105 Å². The van der Waals surface area contributed by atoms with Gasteiger partial charge in [0.2, 0.25) is 0 Å². The average molecular weight is 911 g/mol. The van der Waals surface area contributed by atoms with Gasteiger partial charge >= 0.3 is 0 Å². The van der Waals surface area contributed by atoms with Crippen LogP contribution in [-0.4, -0.2) is 4.57 Å². The maximum absolute atomic E-state index is 2.57. The van der Waals surface area contributed by atoms with Crippen LogP contribution >= 0.6 is 0 Å². The molecule has 11 aromatic rings. The highest BCUT2D eigenvalue weighted by atomic mass is 15.1. The van der Waals surface area contributed by atoms with E-state index in [0.29, 0.717) is 0 Å². The first-order valence-electron chi connectivity index (χ1n) is 25.3. The lowest BCUT2D eigenvalue weighted by Gasteiger charge is -2.33. The van der Waals surface area contributed by atoms with Gasteiger partial charge in [0.1, 0.15) is 0 Å². The molecule has 70 heavy (non-hydrogen) atoms. The summed E-state index contributed by atoms with van der Waals surface area (Å²) in [6.45, 7) is 27.9. The zero-order valence-corrected chi connectivity index (χ0v) is 43.2. The predicted molar refractivity (Wildman–Crippen MR) is 305 cm³/mol. The van der Waals surface area contributed by atoms with Gasteiger partial charge in [0, 0.05) is 32.8 Å². The van der Waals surface area contributed by atoms with Crippen LogP contribution in [0, 0.1) is 0 Å². The van der Waals surface area contributed by atoms with Crippen LogP contribution < -0.4 is 4.90 Å². The summed E-state index contributed by atoms with van der Waals surface area (Å²) in [5.74, 6) is 0. The Hall–Kier alpha value is -7.16. The van der Waals surface area contributed by atoms with Crippen molar-refractivity contribution in [1.82, 2.24) is 4.57 Å². The molecule has 0 aliphatic rings. The van der Waals surface area contributed by atoms with Gasteiger partial charge in [0.05, 0.1) is 28.1 Å². The molecule has 0 fully saturated rings. The van der Waals surface area contributed by atoms with Gasteiger partial charge in [0.15, 0.2) is 0 Å². The van der Waals surface area contributed by atoms with E-state index in [4.69, 9.17) is 0 Å². The molecule has 0 amide bonds. The highest BCUT2D eigenvalue weighted by Gasteiger charge is 2.28. The molecular weight excluding hydrogens is 845 g/mol. The quantitative estimate of drug-likeness (QED) is 0.151. The molecule has 2 heteroatoms. The molecule has 0 aliphatic heterocycles. The Morgan fingerprint density at radius 2 is 0.800 bits per heavy atom. The summed E-state index contributed by atoms with van der Waals surface area (Å²) in [5, 5.41) is 10.1. The van der Waals surface area contributed by atoms with E-state index in [0.717, 1.165) is 17.1 Å². The number of aromatic nitrogens is 1. The minimum Gasteiger partial charge on any atom is -0.309 e. The van der Waals surface area contributed by atoms with E-state index < -0.39 is 0 Å². The minimum atomic E-state index is -0.0738. The number of hydrogen-bond acceptors (Lipinski definition) is 1. The highest BCUT2D eigenvalue weighted by molar-refractivity contribution is 6.27. The molecule has 0 bridgehead atoms. The van der Waals surface area contributed by atoms with E-state index >= 15 is 0 Å². The van der Waals surface area contributed by atoms with Gasteiger partial charge in [-0.1, -0.05) is 204 Å². The summed E-state index contributed by atoms with van der Waals surface area (Å²) in [5.41, 5.74) is 17.1. The molecule has 0 unspecified atom stereocenters. The van der Waals surface area contributed by atoms with Crippen molar-refractivity contribution in [3.05, 3.63) is 204 Å². The second-order valence-electron chi connectivity index (χ2n) is 24.0. The maximum atomic E-state index is 2.57. The summed E-state index contributed by atoms with van der Waals surface area (Å²) in [6.07, 6.45) is 0. The van der Waals surface area contributed by atoms with Crippen LogP contribution in [0.4, 0.5) is 17.1 Å². The number of anilines is 3. The van der Waals surface area contributed by atoms with Crippen LogP contribution in [0.15, 0.2) is 182 Å². The lowest BCUT2D eigenvalue weighted by Crippen LogP contribution is -2.19. The van der Waals surface area contributed by atoms with Crippen molar-refractivity contribution in [3.63, 3.8) is 0 Å². The summed E-state index contributed by atoms with van der Waals surface area (Å²) in [6, 6.07) is 69.4. The molecule has 0 radical (unpaired) electrons. The minimum absolute atomic E-state index is 0.0248. The summed E-state index contributed by atoms with van der Waals surface area (Å²) >= 11 is 0. The molecule has 0 N–H and O–H groups in total. The maximum Gasteiger partial charge on any atom is 0.0541 e. The Balaban J connectivity index is 1.22. The third-order valence-electron chi connectivity index (χ3n) is 14.9. The number of fused-ring (bicyclic) bond motifs is 3. The van der Waals surface area contributed by atoms with Crippen molar-refractivity contribution in [1.29, 1.82) is 0 Å². The third kappa shape index (κ3) is 7.73. The molecule has 348 valence electrons. The van der Waals surface area contributed by atoms with Crippen molar-refractivity contribution in [2.45, 2.75) is 105 Å². The SMILES string of the molecule is CC(C)(C)c1cc(N(c2ccc(-c3ccccc3)cc2-c2ccccc2)c2ccc3ccc4c(-n5c6ccc(C(C)(C)C)cc6c6cc(C(C)(C)C)ccc65)ccc5ccc2c3c54)cc(C(C)(C)C)c1. The molecule has 0 saturated heterocycles. The fourth-order valence-electron chi connectivity index (χ4n) is 10.8. The van der Waals surface area contributed by atoms with Gasteiger partial charge in [0.25, 0.3) is 0 Å². The van der Waals surface area contributed by atoms with Crippen molar-refractivity contribution in [2.24, 2.45) is 0 Å². The van der Waals surface area contributed by atoms with E-state index in [1.165, 1.54) is 104 Å². The van der Waals surface area contributed by atoms with E-state index in [-0.39, 0.29) is 21.7 Å². The first kappa shape index (κ1) is 45.3. The molecule has 0 atom stereocenters. The zero-order valence-electron chi connectivity index (χ0n) is 43.2. The molecule has 0 saturated carbocycles. The molecule has 0 spiro atoms. The van der Waals surface area contributed by atoms with Crippen molar-refractivity contribution in [3.8, 4) is 27.9 Å². The second-order valence-corrected chi connectivity index (χ2v) is 24.0. The number of benzene rings is 10. The Morgan fingerprint density at radius 1 is 0.329 bits per heavy atom. The fraction of sp³-hybridized carbons (Fsp3) is 0.235. The first-order valence-corrected chi connectivity index (χ1v) is 25.3. The Kier molecular flexibility index (Phi) is 10.5. The van der Waals surface area contributed by atoms with Gasteiger partial charge in [-0.05, 0) is 143 Å². The number of rotatable bonds is 6. The molecule has 10 aromatic carbocycles. The van der Waals surface area contributed by atoms with Gasteiger partial charge < -0.3 is 9.47 Å². The number of hydrogen-bond donors (Lipinski definition) is 0. The lowest BCUT2D eigenvalue weighted by atomic mass is 9.80. The molecule has 11 rings (SSSR count). The second kappa shape index (κ2) is 16.2. The summed E-state index contributed by atoms with van der Waals surface area (Å²) < 4.78 is 2.54. The van der Waals surface area contributed by atoms with E-state index in [9.17, 15) is 0 Å². The van der Waals surface area contributed by atoms with Crippen LogP contribution in [-0.2, 0) is 21.7 Å².